The molecule has 2 nitrogen and oxygen atoms in total. The Morgan fingerprint density at radius 2 is 0.727 bits per heavy atom. The van der Waals surface area contributed by atoms with Gasteiger partial charge >= 0.3 is 0 Å². The number of rotatable bonds is 6. The average molecular weight is 463 g/mol. The fraction of sp³-hybridized carbons (Fsp3) is 0.103. The van der Waals surface area contributed by atoms with Gasteiger partial charge in [-0.2, -0.15) is 0 Å². The van der Waals surface area contributed by atoms with Gasteiger partial charge in [0.1, 0.15) is 0 Å². The lowest BCUT2D eigenvalue weighted by atomic mass is 10.1. The zero-order valence-electron chi connectivity index (χ0n) is 18.1. The summed E-state index contributed by atoms with van der Waals surface area (Å²) in [5.74, 6) is 2.15. The van der Waals surface area contributed by atoms with Crippen molar-refractivity contribution in [3.8, 4) is 0 Å². The molecule has 2 aromatic heterocycles. The average Bonchev–Trinajstić information content (AvgIpc) is 2.87. The minimum absolute atomic E-state index is 1.07. The molecule has 6 rings (SSSR count). The highest BCUT2D eigenvalue weighted by Gasteiger charge is 2.11. The number of hydrogen-bond donors (Lipinski definition) is 0. The summed E-state index contributed by atoms with van der Waals surface area (Å²) in [6.07, 6.45) is 1.13. The van der Waals surface area contributed by atoms with Crippen molar-refractivity contribution in [1.82, 2.24) is 9.97 Å². The number of pyridine rings is 2. The van der Waals surface area contributed by atoms with Gasteiger partial charge in [0.25, 0.3) is 0 Å². The molecule has 2 heterocycles. The lowest BCUT2D eigenvalue weighted by Crippen LogP contribution is -1.91. The first-order valence-corrected chi connectivity index (χ1v) is 13.2. The van der Waals surface area contributed by atoms with E-state index in [9.17, 15) is 0 Å². The van der Waals surface area contributed by atoms with Gasteiger partial charge in [-0.1, -0.05) is 72.8 Å². The summed E-state index contributed by atoms with van der Waals surface area (Å²) >= 11 is 3.91. The first kappa shape index (κ1) is 20.5. The molecule has 0 aliphatic carbocycles. The topological polar surface area (TPSA) is 25.8 Å². The Balaban J connectivity index is 1.24. The fourth-order valence-electron chi connectivity index (χ4n) is 4.32. The first-order chi connectivity index (χ1) is 16.4. The molecule has 0 saturated heterocycles. The van der Waals surface area contributed by atoms with Crippen LogP contribution in [0.2, 0.25) is 0 Å². The highest BCUT2D eigenvalue weighted by molar-refractivity contribution is 8.00. The molecule has 6 aromatic rings. The number of thioether (sulfide) groups is 2. The third-order valence-corrected chi connectivity index (χ3v) is 8.30. The number of fused-ring (bicyclic) bond motifs is 4. The van der Waals surface area contributed by atoms with Crippen LogP contribution in [0, 0.1) is 0 Å². The molecule has 0 saturated carbocycles. The summed E-state index contributed by atoms with van der Waals surface area (Å²) in [6, 6.07) is 33.9. The third kappa shape index (κ3) is 3.94. The maximum Gasteiger partial charge on any atom is 0.0721 e. The summed E-state index contributed by atoms with van der Waals surface area (Å²) in [5, 5.41) is 5.00. The lowest BCUT2D eigenvalue weighted by Gasteiger charge is -2.12. The number of nitrogens with zero attached hydrogens (tertiary/aromatic N) is 2. The van der Waals surface area contributed by atoms with E-state index in [1.54, 1.807) is 0 Å². The Morgan fingerprint density at radius 1 is 0.424 bits per heavy atom. The molecule has 0 aliphatic rings. The van der Waals surface area contributed by atoms with Gasteiger partial charge in [0, 0.05) is 31.3 Å². The summed E-state index contributed by atoms with van der Waals surface area (Å²) in [4.78, 5) is 12.4. The lowest BCUT2D eigenvalue weighted by molar-refractivity contribution is 1.12. The molecule has 4 heteroatoms. The molecular weight excluding hydrogens is 440 g/mol. The zero-order valence-corrected chi connectivity index (χ0v) is 19.7. The standard InChI is InChI=1S/C29H22N2S2/c1-5-14-24-20(10-1)28(21-11-2-6-15-25(21)30-24)32-18-9-19-33-29-22-12-3-7-16-26(22)31-27-17-8-4-13-23(27)29/h1-8,10-17H,9,18-19H2. The maximum absolute atomic E-state index is 4.86. The van der Waals surface area contributed by atoms with Crippen LogP contribution in [0.15, 0.2) is 107 Å². The molecule has 0 spiro atoms. The van der Waals surface area contributed by atoms with Crippen molar-refractivity contribution >= 4 is 67.1 Å². The molecule has 0 unspecified atom stereocenters. The Morgan fingerprint density at radius 3 is 1.06 bits per heavy atom. The van der Waals surface area contributed by atoms with Crippen LogP contribution in [0.4, 0.5) is 0 Å². The van der Waals surface area contributed by atoms with Crippen molar-refractivity contribution in [2.24, 2.45) is 0 Å². The number of para-hydroxylation sites is 4. The largest absolute Gasteiger partial charge is 0.248 e. The van der Waals surface area contributed by atoms with E-state index in [1.165, 1.54) is 31.3 Å². The van der Waals surface area contributed by atoms with Gasteiger partial charge in [-0.3, -0.25) is 0 Å². The van der Waals surface area contributed by atoms with E-state index in [-0.39, 0.29) is 0 Å². The minimum atomic E-state index is 1.07. The van der Waals surface area contributed by atoms with Crippen LogP contribution in [-0.4, -0.2) is 21.5 Å². The highest BCUT2D eigenvalue weighted by Crippen LogP contribution is 2.37. The van der Waals surface area contributed by atoms with Crippen molar-refractivity contribution in [3.05, 3.63) is 97.1 Å². The van der Waals surface area contributed by atoms with Crippen LogP contribution in [0.5, 0.6) is 0 Å². The fourth-order valence-corrected chi connectivity index (χ4v) is 6.80. The van der Waals surface area contributed by atoms with Gasteiger partial charge < -0.3 is 0 Å². The Labute approximate surface area is 201 Å². The minimum Gasteiger partial charge on any atom is -0.248 e. The third-order valence-electron chi connectivity index (χ3n) is 5.86. The number of aromatic nitrogens is 2. The summed E-state index contributed by atoms with van der Waals surface area (Å²) < 4.78 is 0. The molecule has 160 valence electrons. The van der Waals surface area contributed by atoms with E-state index in [0.717, 1.165) is 40.0 Å². The summed E-state index contributed by atoms with van der Waals surface area (Å²) in [7, 11) is 0. The van der Waals surface area contributed by atoms with Gasteiger partial charge in [-0.15, -0.1) is 23.5 Å². The molecule has 33 heavy (non-hydrogen) atoms. The van der Waals surface area contributed by atoms with Crippen molar-refractivity contribution in [2.75, 3.05) is 11.5 Å². The van der Waals surface area contributed by atoms with Crippen molar-refractivity contribution in [1.29, 1.82) is 0 Å². The van der Waals surface area contributed by atoms with E-state index in [4.69, 9.17) is 9.97 Å². The normalized spacial score (nSPS) is 11.6. The smallest absolute Gasteiger partial charge is 0.0721 e. The van der Waals surface area contributed by atoms with Gasteiger partial charge in [-0.05, 0) is 42.2 Å². The van der Waals surface area contributed by atoms with Gasteiger partial charge in [0.2, 0.25) is 0 Å². The van der Waals surface area contributed by atoms with E-state index >= 15 is 0 Å². The molecule has 0 bridgehead atoms. The van der Waals surface area contributed by atoms with Crippen LogP contribution in [0.25, 0.3) is 43.6 Å². The predicted molar refractivity (Wildman–Crippen MR) is 145 cm³/mol. The molecule has 0 aliphatic heterocycles. The van der Waals surface area contributed by atoms with Crippen LogP contribution >= 0.6 is 23.5 Å². The Hall–Kier alpha value is -3.08. The number of benzene rings is 4. The molecular formula is C29H22N2S2. The zero-order chi connectivity index (χ0) is 22.0. The quantitative estimate of drug-likeness (QED) is 0.141. The molecule has 0 amide bonds. The Bertz CT molecular complexity index is 1380. The highest BCUT2D eigenvalue weighted by atomic mass is 32.2. The summed E-state index contributed by atoms with van der Waals surface area (Å²) in [5.41, 5.74) is 4.29. The second kappa shape index (κ2) is 9.05. The van der Waals surface area contributed by atoms with Crippen LogP contribution in [-0.2, 0) is 0 Å². The van der Waals surface area contributed by atoms with Crippen molar-refractivity contribution in [2.45, 2.75) is 16.2 Å². The van der Waals surface area contributed by atoms with Crippen LogP contribution in [0.1, 0.15) is 6.42 Å². The second-order valence-electron chi connectivity index (χ2n) is 8.00. The maximum atomic E-state index is 4.86. The monoisotopic (exact) mass is 462 g/mol. The van der Waals surface area contributed by atoms with E-state index < -0.39 is 0 Å². The van der Waals surface area contributed by atoms with Crippen LogP contribution < -0.4 is 0 Å². The molecule has 0 atom stereocenters. The van der Waals surface area contributed by atoms with E-state index in [1.807, 2.05) is 23.5 Å². The number of hydrogen-bond acceptors (Lipinski definition) is 4. The van der Waals surface area contributed by atoms with E-state index in [0.29, 0.717) is 0 Å². The van der Waals surface area contributed by atoms with Gasteiger partial charge in [0.15, 0.2) is 0 Å². The molecule has 0 N–H and O–H groups in total. The summed E-state index contributed by atoms with van der Waals surface area (Å²) in [6.45, 7) is 0. The molecule has 0 radical (unpaired) electrons. The van der Waals surface area contributed by atoms with Gasteiger partial charge in [-0.25, -0.2) is 9.97 Å². The predicted octanol–water partition coefficient (Wildman–Crippen LogP) is 8.36. The SMILES string of the molecule is c1ccc2c(SCCCSc3c4ccccc4nc4ccccc34)c3ccccc3nc2c1. The first-order valence-electron chi connectivity index (χ1n) is 11.2. The molecule has 4 aromatic carbocycles. The van der Waals surface area contributed by atoms with Crippen molar-refractivity contribution < 1.29 is 0 Å². The molecule has 0 fully saturated rings. The second-order valence-corrected chi connectivity index (χ2v) is 10.2. The van der Waals surface area contributed by atoms with Crippen LogP contribution in [0.3, 0.4) is 0 Å². The van der Waals surface area contributed by atoms with E-state index in [2.05, 4.69) is 97.1 Å². The van der Waals surface area contributed by atoms with Crippen molar-refractivity contribution in [3.63, 3.8) is 0 Å². The van der Waals surface area contributed by atoms with Gasteiger partial charge in [0.05, 0.1) is 22.1 Å². The Kier molecular flexibility index (Phi) is 5.63.